The molecule has 1 aromatic carbocycles. The Morgan fingerprint density at radius 1 is 1.35 bits per heavy atom. The van der Waals surface area contributed by atoms with Crippen LogP contribution in [0.2, 0.25) is 0 Å². The van der Waals surface area contributed by atoms with E-state index in [-0.39, 0.29) is 29.7 Å². The Morgan fingerprint density at radius 3 is 2.60 bits per heavy atom. The molecule has 1 aromatic rings. The van der Waals surface area contributed by atoms with E-state index in [9.17, 15) is 14.0 Å². The summed E-state index contributed by atoms with van der Waals surface area (Å²) in [5, 5.41) is 5.88. The number of rotatable bonds is 3. The van der Waals surface area contributed by atoms with Gasteiger partial charge >= 0.3 is 0 Å². The van der Waals surface area contributed by atoms with Crippen molar-refractivity contribution in [1.29, 1.82) is 0 Å². The molecule has 0 spiro atoms. The van der Waals surface area contributed by atoms with Gasteiger partial charge in [0.25, 0.3) is 0 Å². The molecule has 0 aliphatic carbocycles. The molecule has 2 N–H and O–H groups in total. The molecule has 6 heteroatoms. The van der Waals surface area contributed by atoms with Crippen LogP contribution < -0.4 is 15.5 Å². The van der Waals surface area contributed by atoms with Crippen LogP contribution in [0.15, 0.2) is 24.3 Å². The highest BCUT2D eigenvalue weighted by atomic mass is 19.1. The van der Waals surface area contributed by atoms with E-state index in [2.05, 4.69) is 10.6 Å². The maximum absolute atomic E-state index is 12.9. The molecule has 5 nitrogen and oxygen atoms in total. The predicted octanol–water partition coefficient (Wildman–Crippen LogP) is 0.655. The van der Waals surface area contributed by atoms with E-state index in [0.29, 0.717) is 18.7 Å². The van der Waals surface area contributed by atoms with E-state index >= 15 is 0 Å². The molecule has 1 aliphatic rings. The van der Waals surface area contributed by atoms with Crippen molar-refractivity contribution < 1.29 is 14.0 Å². The Balaban J connectivity index is 1.98. The zero-order chi connectivity index (χ0) is 14.7. The minimum absolute atomic E-state index is 0.0249. The number of halogens is 1. The van der Waals surface area contributed by atoms with Crippen LogP contribution in [-0.4, -0.2) is 37.5 Å². The number of anilines is 1. The number of carbonyl (C=O) groups is 2. The van der Waals surface area contributed by atoms with E-state index in [1.807, 2.05) is 0 Å². The molecule has 2 atom stereocenters. The van der Waals surface area contributed by atoms with Gasteiger partial charge in [-0.15, -0.1) is 0 Å². The van der Waals surface area contributed by atoms with Crippen LogP contribution in [0.25, 0.3) is 0 Å². The van der Waals surface area contributed by atoms with Gasteiger partial charge in [0.2, 0.25) is 11.8 Å². The van der Waals surface area contributed by atoms with Crippen molar-refractivity contribution in [2.45, 2.75) is 25.4 Å². The Hall–Kier alpha value is -1.95. The number of likely N-dealkylation sites (N-methyl/N-ethyl adjacent to an activating group) is 1. The Bertz CT molecular complexity index is 504. The second kappa shape index (κ2) is 6.00. The van der Waals surface area contributed by atoms with E-state index < -0.39 is 0 Å². The topological polar surface area (TPSA) is 61.4 Å². The van der Waals surface area contributed by atoms with Gasteiger partial charge in [0.1, 0.15) is 5.82 Å². The molecule has 2 rings (SSSR count). The van der Waals surface area contributed by atoms with Crippen molar-refractivity contribution >= 4 is 17.5 Å². The summed E-state index contributed by atoms with van der Waals surface area (Å²) >= 11 is 0. The monoisotopic (exact) mass is 279 g/mol. The van der Waals surface area contributed by atoms with Gasteiger partial charge in [-0.1, -0.05) is 0 Å². The summed E-state index contributed by atoms with van der Waals surface area (Å²) in [6.45, 7) is 2.03. The van der Waals surface area contributed by atoms with Gasteiger partial charge in [-0.3, -0.25) is 9.59 Å². The van der Waals surface area contributed by atoms with Crippen LogP contribution >= 0.6 is 0 Å². The fourth-order valence-corrected chi connectivity index (χ4v) is 2.35. The molecule has 2 amide bonds. The van der Waals surface area contributed by atoms with Gasteiger partial charge in [0.15, 0.2) is 0 Å². The highest BCUT2D eigenvalue weighted by molar-refractivity contribution is 5.97. The third-order valence-electron chi connectivity index (χ3n) is 3.38. The van der Waals surface area contributed by atoms with Gasteiger partial charge in [0.05, 0.1) is 6.04 Å². The van der Waals surface area contributed by atoms with Crippen molar-refractivity contribution in [3.05, 3.63) is 30.1 Å². The lowest BCUT2D eigenvalue weighted by Gasteiger charge is -2.21. The Labute approximate surface area is 117 Å². The van der Waals surface area contributed by atoms with Crippen LogP contribution in [0.4, 0.5) is 10.1 Å². The first kappa shape index (κ1) is 14.5. The van der Waals surface area contributed by atoms with Gasteiger partial charge in [-0.05, 0) is 30.7 Å². The number of hydrogen-bond acceptors (Lipinski definition) is 3. The third-order valence-corrected chi connectivity index (χ3v) is 3.38. The molecule has 1 fully saturated rings. The molecule has 20 heavy (non-hydrogen) atoms. The van der Waals surface area contributed by atoms with E-state index in [1.54, 1.807) is 19.2 Å². The molecule has 108 valence electrons. The normalized spacial score (nSPS) is 21.6. The van der Waals surface area contributed by atoms with Crippen molar-refractivity contribution in [1.82, 2.24) is 10.6 Å². The van der Waals surface area contributed by atoms with Crippen molar-refractivity contribution in [3.63, 3.8) is 0 Å². The van der Waals surface area contributed by atoms with Crippen LogP contribution in [0.5, 0.6) is 0 Å². The zero-order valence-corrected chi connectivity index (χ0v) is 11.5. The van der Waals surface area contributed by atoms with Crippen molar-refractivity contribution in [3.8, 4) is 0 Å². The second-order valence-electron chi connectivity index (χ2n) is 4.97. The summed E-state index contributed by atoms with van der Waals surface area (Å²) in [5.74, 6) is -0.527. The minimum Gasteiger partial charge on any atom is -0.352 e. The van der Waals surface area contributed by atoms with E-state index in [4.69, 9.17) is 0 Å². The molecule has 1 aliphatic heterocycles. The fraction of sp³-hybridized carbons (Fsp3) is 0.429. The molecule has 0 saturated carbocycles. The molecule has 0 radical (unpaired) electrons. The van der Waals surface area contributed by atoms with Crippen LogP contribution in [0, 0.1) is 5.82 Å². The summed E-state index contributed by atoms with van der Waals surface area (Å²) in [5.41, 5.74) is 0.640. The van der Waals surface area contributed by atoms with Crippen molar-refractivity contribution in [2.75, 3.05) is 18.5 Å². The number of nitrogens with one attached hydrogen (secondary N) is 2. The average molecular weight is 279 g/mol. The smallest absolute Gasteiger partial charge is 0.243 e. The molecule has 1 heterocycles. The zero-order valence-electron chi connectivity index (χ0n) is 11.5. The van der Waals surface area contributed by atoms with Crippen molar-refractivity contribution in [2.24, 2.45) is 0 Å². The standard InChI is InChI=1S/C14H18FN3O2/c1-9(19)17-11-7-13(16-8-11)14(20)18(2)12-5-3-10(15)4-6-12/h3-6,11,13,16H,7-8H2,1-2H3,(H,17,19)/t11-,13+/m1/s1. The molecule has 0 aromatic heterocycles. The number of hydrogen-bond donors (Lipinski definition) is 2. The Kier molecular flexibility index (Phi) is 4.34. The summed E-state index contributed by atoms with van der Waals surface area (Å²) in [4.78, 5) is 24.8. The van der Waals surface area contributed by atoms with Gasteiger partial charge in [-0.2, -0.15) is 0 Å². The lowest BCUT2D eigenvalue weighted by molar-refractivity contribution is -0.121. The molecule has 0 bridgehead atoms. The maximum Gasteiger partial charge on any atom is 0.243 e. The average Bonchev–Trinajstić information content (AvgIpc) is 2.85. The first-order valence-electron chi connectivity index (χ1n) is 6.51. The number of benzene rings is 1. The molecule has 1 saturated heterocycles. The molecular formula is C14H18FN3O2. The summed E-state index contributed by atoms with van der Waals surface area (Å²) in [6, 6.07) is 5.41. The fourth-order valence-electron chi connectivity index (χ4n) is 2.35. The van der Waals surface area contributed by atoms with E-state index in [1.165, 1.54) is 24.0 Å². The van der Waals surface area contributed by atoms with E-state index in [0.717, 1.165) is 0 Å². The highest BCUT2D eigenvalue weighted by Gasteiger charge is 2.31. The molecule has 0 unspecified atom stereocenters. The van der Waals surface area contributed by atoms with Crippen LogP contribution in [0.1, 0.15) is 13.3 Å². The minimum atomic E-state index is -0.334. The SMILES string of the molecule is CC(=O)N[C@H]1CN[C@H](C(=O)N(C)c2ccc(F)cc2)C1. The van der Waals surface area contributed by atoms with Gasteiger partial charge < -0.3 is 15.5 Å². The lowest BCUT2D eigenvalue weighted by Crippen LogP contribution is -2.41. The number of carbonyl (C=O) groups excluding carboxylic acids is 2. The first-order chi connectivity index (χ1) is 9.47. The third kappa shape index (κ3) is 3.33. The van der Waals surface area contributed by atoms with Crippen LogP contribution in [-0.2, 0) is 9.59 Å². The highest BCUT2D eigenvalue weighted by Crippen LogP contribution is 2.17. The maximum atomic E-state index is 12.9. The summed E-state index contributed by atoms with van der Waals surface area (Å²) < 4.78 is 12.9. The number of nitrogens with zero attached hydrogens (tertiary/aromatic N) is 1. The lowest BCUT2D eigenvalue weighted by atomic mass is 10.1. The van der Waals surface area contributed by atoms with Crippen LogP contribution in [0.3, 0.4) is 0 Å². The van der Waals surface area contributed by atoms with Gasteiger partial charge in [0, 0.05) is 32.2 Å². The largest absolute Gasteiger partial charge is 0.352 e. The predicted molar refractivity (Wildman–Crippen MR) is 73.8 cm³/mol. The number of amides is 2. The summed E-state index contributed by atoms with van der Waals surface area (Å²) in [6.07, 6.45) is 0.559. The molecular weight excluding hydrogens is 261 g/mol. The quantitative estimate of drug-likeness (QED) is 0.854. The summed E-state index contributed by atoms with van der Waals surface area (Å²) in [7, 11) is 1.66. The Morgan fingerprint density at radius 2 is 2.00 bits per heavy atom. The second-order valence-corrected chi connectivity index (χ2v) is 4.97. The first-order valence-corrected chi connectivity index (χ1v) is 6.51. The van der Waals surface area contributed by atoms with Gasteiger partial charge in [-0.25, -0.2) is 4.39 Å².